The lowest BCUT2D eigenvalue weighted by molar-refractivity contribution is -0.384. The molecule has 8 nitrogen and oxygen atoms in total. The quantitative estimate of drug-likeness (QED) is 0.274. The number of nitro benzene ring substituents is 1. The summed E-state index contributed by atoms with van der Waals surface area (Å²) in [6.07, 6.45) is 3.65. The number of benzene rings is 2. The Kier molecular flexibility index (Phi) is 5.70. The summed E-state index contributed by atoms with van der Waals surface area (Å²) in [5.74, 6) is -0.664. The number of H-pyrrole nitrogens is 1. The van der Waals surface area contributed by atoms with Gasteiger partial charge in [0, 0.05) is 41.8 Å². The zero-order chi connectivity index (χ0) is 22.0. The second kappa shape index (κ2) is 8.59. The Hall–Kier alpha value is -3.68. The number of anilines is 1. The number of para-hydroxylation sites is 1. The van der Waals surface area contributed by atoms with Crippen molar-refractivity contribution in [3.05, 3.63) is 69.9 Å². The molecule has 0 radical (unpaired) electrons. The van der Waals surface area contributed by atoms with Gasteiger partial charge in [-0.05, 0) is 37.0 Å². The lowest BCUT2D eigenvalue weighted by Crippen LogP contribution is -2.34. The van der Waals surface area contributed by atoms with E-state index in [0.717, 1.165) is 36.8 Å². The van der Waals surface area contributed by atoms with Crippen molar-refractivity contribution in [2.75, 3.05) is 24.6 Å². The second-order valence-electron chi connectivity index (χ2n) is 7.90. The number of nitrogens with one attached hydrogen (secondary N) is 1. The molecule has 4 rings (SSSR count). The number of ketones is 1. The zero-order valence-electron chi connectivity index (χ0n) is 17.2. The smallest absolute Gasteiger partial charge is 0.338 e. The number of fused-ring (bicyclic) bond motifs is 1. The third-order valence-corrected chi connectivity index (χ3v) is 5.63. The molecule has 0 spiro atoms. The molecule has 160 valence electrons. The number of nitrogens with zero attached hydrogens (tertiary/aromatic N) is 2. The van der Waals surface area contributed by atoms with Crippen molar-refractivity contribution >= 4 is 34.0 Å². The highest BCUT2D eigenvalue weighted by Gasteiger charge is 2.26. The van der Waals surface area contributed by atoms with Crippen LogP contribution in [-0.4, -0.2) is 41.4 Å². The van der Waals surface area contributed by atoms with Gasteiger partial charge in [-0.15, -0.1) is 0 Å². The van der Waals surface area contributed by atoms with Crippen molar-refractivity contribution in [3.8, 4) is 0 Å². The Morgan fingerprint density at radius 2 is 2.06 bits per heavy atom. The Balaban J connectivity index is 1.48. The van der Waals surface area contributed by atoms with Gasteiger partial charge in [-0.2, -0.15) is 0 Å². The molecule has 2 aromatic carbocycles. The van der Waals surface area contributed by atoms with Gasteiger partial charge in [0.25, 0.3) is 5.69 Å². The van der Waals surface area contributed by atoms with Gasteiger partial charge in [0.05, 0.1) is 10.5 Å². The lowest BCUT2D eigenvalue weighted by Gasteiger charge is -2.32. The van der Waals surface area contributed by atoms with Gasteiger partial charge in [-0.25, -0.2) is 4.79 Å². The topological polar surface area (TPSA) is 106 Å². The molecule has 0 amide bonds. The first-order valence-electron chi connectivity index (χ1n) is 10.2. The highest BCUT2D eigenvalue weighted by molar-refractivity contribution is 6.09. The molecule has 31 heavy (non-hydrogen) atoms. The number of Topliss-reactive ketones (excluding diaryl/α,β-unsaturated/α-hetero) is 1. The molecule has 1 atom stereocenters. The minimum atomic E-state index is -0.769. The lowest BCUT2D eigenvalue weighted by atomic mass is 9.99. The van der Waals surface area contributed by atoms with E-state index in [0.29, 0.717) is 17.2 Å². The molecular weight excluding hydrogens is 398 g/mol. The molecule has 2 heterocycles. The predicted molar refractivity (Wildman–Crippen MR) is 117 cm³/mol. The summed E-state index contributed by atoms with van der Waals surface area (Å²) in [4.78, 5) is 41.1. The van der Waals surface area contributed by atoms with Crippen LogP contribution in [0.15, 0.2) is 48.7 Å². The van der Waals surface area contributed by atoms with Gasteiger partial charge in [0.1, 0.15) is 5.69 Å². The molecule has 0 saturated carbocycles. The van der Waals surface area contributed by atoms with E-state index in [1.54, 1.807) is 12.3 Å². The number of carbonyl (C=O) groups is 2. The largest absolute Gasteiger partial charge is 0.454 e. The number of rotatable bonds is 6. The van der Waals surface area contributed by atoms with Crippen molar-refractivity contribution in [1.82, 2.24) is 4.98 Å². The van der Waals surface area contributed by atoms with Crippen molar-refractivity contribution in [3.63, 3.8) is 0 Å². The summed E-state index contributed by atoms with van der Waals surface area (Å²) < 4.78 is 5.16. The van der Waals surface area contributed by atoms with Crippen molar-refractivity contribution in [1.29, 1.82) is 0 Å². The molecule has 1 aromatic heterocycles. The molecule has 0 bridgehead atoms. The van der Waals surface area contributed by atoms with Crippen LogP contribution in [0.25, 0.3) is 10.9 Å². The number of aromatic amines is 1. The first-order valence-corrected chi connectivity index (χ1v) is 10.2. The van der Waals surface area contributed by atoms with Crippen LogP contribution < -0.4 is 4.90 Å². The van der Waals surface area contributed by atoms with Gasteiger partial charge >= 0.3 is 5.97 Å². The standard InChI is InChI=1S/C23H23N3O5/c1-15-5-4-10-25(13-15)20-9-8-16(11-21(20)26(29)30)23(28)31-14-22(27)18-12-24-19-7-3-2-6-17(18)19/h2-3,6-9,11-12,15,24H,4-5,10,13-14H2,1H3. The fourth-order valence-electron chi connectivity index (χ4n) is 4.07. The second-order valence-corrected chi connectivity index (χ2v) is 7.90. The van der Waals surface area contributed by atoms with Crippen LogP contribution in [0.5, 0.6) is 0 Å². The summed E-state index contributed by atoms with van der Waals surface area (Å²) in [6, 6.07) is 11.7. The van der Waals surface area contributed by atoms with Gasteiger partial charge < -0.3 is 14.6 Å². The third-order valence-electron chi connectivity index (χ3n) is 5.63. The summed E-state index contributed by atoms with van der Waals surface area (Å²) in [7, 11) is 0. The van der Waals surface area contributed by atoms with E-state index in [1.165, 1.54) is 12.1 Å². The average Bonchev–Trinajstić information content (AvgIpc) is 3.21. The highest BCUT2D eigenvalue weighted by atomic mass is 16.6. The van der Waals surface area contributed by atoms with Crippen LogP contribution in [0.1, 0.15) is 40.5 Å². The molecule has 1 saturated heterocycles. The Morgan fingerprint density at radius 1 is 1.26 bits per heavy atom. The predicted octanol–water partition coefficient (Wildman–Crippen LogP) is 4.35. The molecule has 1 fully saturated rings. The van der Waals surface area contributed by atoms with Crippen molar-refractivity contribution < 1.29 is 19.2 Å². The van der Waals surface area contributed by atoms with E-state index in [2.05, 4.69) is 11.9 Å². The van der Waals surface area contributed by atoms with Crippen molar-refractivity contribution in [2.45, 2.75) is 19.8 Å². The van der Waals surface area contributed by atoms with Gasteiger partial charge in [-0.1, -0.05) is 25.1 Å². The normalized spacial score (nSPS) is 16.3. The minimum Gasteiger partial charge on any atom is -0.454 e. The van der Waals surface area contributed by atoms with Gasteiger partial charge in [0.2, 0.25) is 5.78 Å². The fourth-order valence-corrected chi connectivity index (χ4v) is 4.07. The summed E-state index contributed by atoms with van der Waals surface area (Å²) in [5.41, 5.74) is 1.67. The summed E-state index contributed by atoms with van der Waals surface area (Å²) in [5, 5.41) is 12.4. The van der Waals surface area contributed by atoms with Gasteiger partial charge in [0.15, 0.2) is 6.61 Å². The first-order chi connectivity index (χ1) is 14.9. The Morgan fingerprint density at radius 3 is 2.84 bits per heavy atom. The molecule has 8 heteroatoms. The van der Waals surface area contributed by atoms with E-state index in [4.69, 9.17) is 4.74 Å². The molecule has 1 aliphatic rings. The van der Waals surface area contributed by atoms with E-state index >= 15 is 0 Å². The zero-order valence-corrected chi connectivity index (χ0v) is 17.2. The monoisotopic (exact) mass is 421 g/mol. The van der Waals surface area contributed by atoms with E-state index in [-0.39, 0.29) is 17.0 Å². The summed E-state index contributed by atoms with van der Waals surface area (Å²) >= 11 is 0. The SMILES string of the molecule is CC1CCCN(c2ccc(C(=O)OCC(=O)c3c[nH]c4ccccc34)cc2[N+](=O)[O-])C1. The van der Waals surface area contributed by atoms with Crippen LogP contribution >= 0.6 is 0 Å². The van der Waals surface area contributed by atoms with Crippen LogP contribution in [0, 0.1) is 16.0 Å². The summed E-state index contributed by atoms with van der Waals surface area (Å²) in [6.45, 7) is 3.16. The molecule has 0 aliphatic carbocycles. The number of nitro groups is 1. The number of piperidine rings is 1. The molecule has 3 aromatic rings. The maximum atomic E-state index is 12.5. The number of hydrogen-bond acceptors (Lipinski definition) is 6. The first kappa shape index (κ1) is 20.6. The number of carbonyl (C=O) groups excluding carboxylic acids is 2. The fraction of sp³-hybridized carbons (Fsp3) is 0.304. The average molecular weight is 421 g/mol. The van der Waals surface area contributed by atoms with Gasteiger partial charge in [-0.3, -0.25) is 14.9 Å². The van der Waals surface area contributed by atoms with E-state index in [1.807, 2.05) is 29.2 Å². The maximum absolute atomic E-state index is 12.5. The molecule has 1 unspecified atom stereocenters. The van der Waals surface area contributed by atoms with Crippen molar-refractivity contribution in [2.24, 2.45) is 5.92 Å². The van der Waals surface area contributed by atoms with Crippen LogP contribution in [0.2, 0.25) is 0 Å². The maximum Gasteiger partial charge on any atom is 0.338 e. The third kappa shape index (κ3) is 4.28. The Bertz CT molecular complexity index is 1150. The number of esters is 1. The molecule has 1 N–H and O–H groups in total. The van der Waals surface area contributed by atoms with Crippen LogP contribution in [0.4, 0.5) is 11.4 Å². The van der Waals surface area contributed by atoms with E-state index in [9.17, 15) is 19.7 Å². The number of aromatic nitrogens is 1. The molecule has 1 aliphatic heterocycles. The molecular formula is C23H23N3O5. The van der Waals surface area contributed by atoms with Crippen LogP contribution in [0.3, 0.4) is 0 Å². The number of hydrogen-bond donors (Lipinski definition) is 1. The number of ether oxygens (including phenoxy) is 1. The highest BCUT2D eigenvalue weighted by Crippen LogP contribution is 2.32. The van der Waals surface area contributed by atoms with Crippen LogP contribution in [-0.2, 0) is 4.74 Å². The van der Waals surface area contributed by atoms with E-state index < -0.39 is 17.5 Å². The minimum absolute atomic E-state index is 0.0484. The Labute approximate surface area is 179 Å².